The molecule has 2 N–H and O–H groups in total. The molecule has 0 saturated heterocycles. The second-order valence-electron chi connectivity index (χ2n) is 4.30. The number of carbonyl (C=O) groups excluding carboxylic acids is 1. The predicted molar refractivity (Wildman–Crippen MR) is 76.0 cm³/mol. The normalized spacial score (nSPS) is 18.6. The number of carbonyl (C=O) groups is 1. The Kier molecular flexibility index (Phi) is 4.41. The highest BCUT2D eigenvalue weighted by Crippen LogP contribution is 2.28. The first-order chi connectivity index (χ1) is 9.56. The van der Waals surface area contributed by atoms with Crippen LogP contribution in [0.1, 0.15) is 17.6 Å². The molecule has 0 fully saturated rings. The molecule has 0 amide bonds. The molecular formula is C13H16N2O4S. The van der Waals surface area contributed by atoms with Gasteiger partial charge in [0.05, 0.1) is 25.0 Å². The summed E-state index contributed by atoms with van der Waals surface area (Å²) in [6.45, 7) is 2.06. The molecule has 2 heterocycles. The van der Waals surface area contributed by atoms with E-state index in [0.717, 1.165) is 5.76 Å². The van der Waals surface area contributed by atoms with E-state index < -0.39 is 12.0 Å². The van der Waals surface area contributed by atoms with Crippen molar-refractivity contribution in [3.63, 3.8) is 0 Å². The Morgan fingerprint density at radius 1 is 1.45 bits per heavy atom. The van der Waals surface area contributed by atoms with Crippen LogP contribution in [0, 0.1) is 6.92 Å². The van der Waals surface area contributed by atoms with E-state index in [1.54, 1.807) is 13.2 Å². The van der Waals surface area contributed by atoms with Crippen molar-refractivity contribution in [2.24, 2.45) is 0 Å². The van der Waals surface area contributed by atoms with E-state index in [2.05, 4.69) is 10.6 Å². The number of ether oxygens (including phenoxy) is 2. The van der Waals surface area contributed by atoms with E-state index in [0.29, 0.717) is 22.1 Å². The summed E-state index contributed by atoms with van der Waals surface area (Å²) >= 11 is 5.15. The average molecular weight is 296 g/mol. The second-order valence-corrected chi connectivity index (χ2v) is 4.70. The van der Waals surface area contributed by atoms with Crippen molar-refractivity contribution in [3.8, 4) is 0 Å². The minimum atomic E-state index is -0.491. The van der Waals surface area contributed by atoms with Crippen LogP contribution >= 0.6 is 12.2 Å². The molecule has 0 aliphatic carbocycles. The van der Waals surface area contributed by atoms with Gasteiger partial charge < -0.3 is 24.5 Å². The van der Waals surface area contributed by atoms with Gasteiger partial charge in [-0.3, -0.25) is 0 Å². The molecule has 20 heavy (non-hydrogen) atoms. The van der Waals surface area contributed by atoms with Crippen molar-refractivity contribution >= 4 is 23.3 Å². The average Bonchev–Trinajstić information content (AvgIpc) is 2.84. The van der Waals surface area contributed by atoms with Crippen molar-refractivity contribution in [2.75, 3.05) is 20.8 Å². The molecule has 1 unspecified atom stereocenters. The standard InChI is InChI=1S/C13H16N2O4S/c1-7-4-5-9(19-7)11-10(12(16)18-3)8(6-17-2)14-13(20)15-11/h4-5,11H,6H2,1-3H3,(H2,14,15,20). The third kappa shape index (κ3) is 2.83. The third-order valence-electron chi connectivity index (χ3n) is 2.89. The molecule has 1 aliphatic rings. The van der Waals surface area contributed by atoms with E-state index in [4.69, 9.17) is 26.1 Å². The van der Waals surface area contributed by atoms with E-state index in [9.17, 15) is 4.79 Å². The molecule has 7 heteroatoms. The number of hydrogen-bond acceptors (Lipinski definition) is 5. The smallest absolute Gasteiger partial charge is 0.338 e. The van der Waals surface area contributed by atoms with Gasteiger partial charge in [0, 0.05) is 7.11 Å². The number of aryl methyl sites for hydroxylation is 1. The summed E-state index contributed by atoms with van der Waals surface area (Å²) in [5.74, 6) is 0.891. The maximum atomic E-state index is 12.0. The number of hydrogen-bond donors (Lipinski definition) is 2. The van der Waals surface area contributed by atoms with Gasteiger partial charge in [0.25, 0.3) is 0 Å². The zero-order valence-corrected chi connectivity index (χ0v) is 12.3. The van der Waals surface area contributed by atoms with E-state index >= 15 is 0 Å². The first kappa shape index (κ1) is 14.5. The Bertz CT molecular complexity index is 564. The van der Waals surface area contributed by atoms with Gasteiger partial charge in [-0.15, -0.1) is 0 Å². The molecule has 1 atom stereocenters. The van der Waals surface area contributed by atoms with Gasteiger partial charge in [-0.25, -0.2) is 4.79 Å². The highest BCUT2D eigenvalue weighted by Gasteiger charge is 2.33. The van der Waals surface area contributed by atoms with Crippen LogP contribution in [-0.2, 0) is 14.3 Å². The molecule has 108 valence electrons. The molecule has 0 bridgehead atoms. The van der Waals surface area contributed by atoms with Gasteiger partial charge in [0.2, 0.25) is 0 Å². The van der Waals surface area contributed by atoms with Crippen LogP contribution in [-0.4, -0.2) is 31.9 Å². The number of thiocarbonyl (C=S) groups is 1. The predicted octanol–water partition coefficient (Wildman–Crippen LogP) is 1.18. The van der Waals surface area contributed by atoms with Gasteiger partial charge >= 0.3 is 5.97 Å². The molecule has 1 aromatic rings. The number of furan rings is 1. The zero-order chi connectivity index (χ0) is 14.7. The third-order valence-corrected chi connectivity index (χ3v) is 3.11. The topological polar surface area (TPSA) is 72.7 Å². The van der Waals surface area contributed by atoms with Crippen LogP contribution in [0.2, 0.25) is 0 Å². The van der Waals surface area contributed by atoms with Gasteiger partial charge in [0.1, 0.15) is 17.6 Å². The first-order valence-electron chi connectivity index (χ1n) is 6.01. The summed E-state index contributed by atoms with van der Waals surface area (Å²) in [7, 11) is 2.87. The molecule has 0 spiro atoms. The van der Waals surface area contributed by atoms with E-state index in [1.165, 1.54) is 7.11 Å². The molecular weight excluding hydrogens is 280 g/mol. The maximum Gasteiger partial charge on any atom is 0.338 e. The number of esters is 1. The fourth-order valence-electron chi connectivity index (χ4n) is 2.05. The monoisotopic (exact) mass is 296 g/mol. The van der Waals surface area contributed by atoms with Crippen molar-refractivity contribution < 1.29 is 18.7 Å². The number of rotatable bonds is 4. The summed E-state index contributed by atoms with van der Waals surface area (Å²) in [5, 5.41) is 6.34. The lowest BCUT2D eigenvalue weighted by molar-refractivity contribution is -0.136. The van der Waals surface area contributed by atoms with Crippen molar-refractivity contribution in [2.45, 2.75) is 13.0 Å². The highest BCUT2D eigenvalue weighted by atomic mass is 32.1. The molecule has 1 aromatic heterocycles. The van der Waals surface area contributed by atoms with Gasteiger partial charge in [-0.1, -0.05) is 0 Å². The van der Waals surface area contributed by atoms with Gasteiger partial charge in [-0.05, 0) is 31.3 Å². The minimum absolute atomic E-state index is 0.225. The van der Waals surface area contributed by atoms with Crippen molar-refractivity contribution in [1.29, 1.82) is 0 Å². The molecule has 0 saturated carbocycles. The summed E-state index contributed by atoms with van der Waals surface area (Å²) in [6.07, 6.45) is 0. The van der Waals surface area contributed by atoms with Crippen molar-refractivity contribution in [3.05, 3.63) is 34.9 Å². The first-order valence-corrected chi connectivity index (χ1v) is 6.41. The Morgan fingerprint density at radius 3 is 2.75 bits per heavy atom. The molecule has 0 radical (unpaired) electrons. The Labute approximate surface area is 122 Å². The molecule has 6 nitrogen and oxygen atoms in total. The summed E-state index contributed by atoms with van der Waals surface area (Å²) < 4.78 is 15.5. The number of nitrogens with one attached hydrogen (secondary N) is 2. The van der Waals surface area contributed by atoms with E-state index in [1.807, 2.05) is 13.0 Å². The Morgan fingerprint density at radius 2 is 2.20 bits per heavy atom. The van der Waals surface area contributed by atoms with Crippen LogP contribution in [0.5, 0.6) is 0 Å². The summed E-state index contributed by atoms with van der Waals surface area (Å²) in [4.78, 5) is 12.0. The fraction of sp³-hybridized carbons (Fsp3) is 0.385. The van der Waals surface area contributed by atoms with Crippen LogP contribution in [0.4, 0.5) is 0 Å². The van der Waals surface area contributed by atoms with Crippen LogP contribution in [0.3, 0.4) is 0 Å². The van der Waals surface area contributed by atoms with Crippen LogP contribution < -0.4 is 10.6 Å². The van der Waals surface area contributed by atoms with E-state index in [-0.39, 0.29) is 6.61 Å². The fourth-order valence-corrected chi connectivity index (χ4v) is 2.29. The largest absolute Gasteiger partial charge is 0.466 e. The van der Waals surface area contributed by atoms with Crippen molar-refractivity contribution in [1.82, 2.24) is 10.6 Å². The SMILES string of the molecule is COCC1=C(C(=O)OC)C(c2ccc(C)o2)NC(=S)N1. The van der Waals surface area contributed by atoms with Gasteiger partial charge in [-0.2, -0.15) is 0 Å². The minimum Gasteiger partial charge on any atom is -0.466 e. The molecule has 0 aromatic carbocycles. The number of methoxy groups -OCH3 is 2. The zero-order valence-electron chi connectivity index (χ0n) is 11.5. The Balaban J connectivity index is 2.48. The Hall–Kier alpha value is -1.86. The van der Waals surface area contributed by atoms with Gasteiger partial charge in [0.15, 0.2) is 5.11 Å². The van der Waals surface area contributed by atoms with Crippen LogP contribution in [0.25, 0.3) is 0 Å². The highest BCUT2D eigenvalue weighted by molar-refractivity contribution is 7.80. The lowest BCUT2D eigenvalue weighted by atomic mass is 10.0. The van der Waals surface area contributed by atoms with Crippen LogP contribution in [0.15, 0.2) is 27.8 Å². The summed E-state index contributed by atoms with van der Waals surface area (Å²) in [6, 6.07) is 3.14. The quantitative estimate of drug-likeness (QED) is 0.638. The summed E-state index contributed by atoms with van der Waals surface area (Å²) in [5.41, 5.74) is 0.972. The lowest BCUT2D eigenvalue weighted by Crippen LogP contribution is -2.46. The molecule has 2 rings (SSSR count). The maximum absolute atomic E-state index is 12.0. The second kappa shape index (κ2) is 6.06. The molecule has 1 aliphatic heterocycles. The lowest BCUT2D eigenvalue weighted by Gasteiger charge is -2.29.